The second kappa shape index (κ2) is 52.4. The van der Waals surface area contributed by atoms with Gasteiger partial charge in [0.1, 0.15) is 60.3 Å². The first-order valence-corrected chi connectivity index (χ1v) is 47.8. The van der Waals surface area contributed by atoms with E-state index in [1.54, 1.807) is 82.1 Å². The van der Waals surface area contributed by atoms with Crippen molar-refractivity contribution in [3.63, 3.8) is 0 Å². The number of rotatable bonds is 12. The molecule has 4 saturated heterocycles. The number of nitrogens with zero attached hydrogens (tertiary/aromatic N) is 2. The molecule has 0 aromatic carbocycles. The predicted molar refractivity (Wildman–Crippen MR) is 490 cm³/mol. The average Bonchev–Trinajstić information content (AvgIpc) is 0.774. The number of carbonyl (C=O) groups is 10. The monoisotopic (exact) mass is 1830 g/mol. The molecule has 0 unspecified atom stereocenters. The summed E-state index contributed by atoms with van der Waals surface area (Å²) in [5.74, 6) is -15.9. The lowest BCUT2D eigenvalue weighted by Crippen LogP contribution is -2.61. The molecule has 2 amide bonds. The van der Waals surface area contributed by atoms with Gasteiger partial charge in [-0.3, -0.25) is 38.4 Å². The SMILES string of the molecule is CO[C@H]1C[C@@H]2CC[C@@H](C)[C@@](O)(O2)C(=O)C(=O)N2CCCC[C@H]2C(=O)O[C@H]([C@@H](C)C[C@@H]2CC[C@@H](O)[C@H](OC)C2)CC(=O)[C@H](C)/C=C(\C)[C@@H](O)[C@@H](OC)C(=O)[C@H](C)C[C@H](C)/C=C/C=C/C=C/1C.CO[C@H]1C[C@@H]2CC[C@@H](C)[C@@](O)(O2)C(=O)C(=O)N2CCCC[C@H]2C(=O)O[C@H]([C@@H](C)C[C@@H]2CC[C@@H](O)[C@H](OC)C2)CC(=O)[C@H](C)/C=C(\C)[C@@H](O)[C@@H](OC)C(=O)[C@H](C)C[C@H](C)/C=C/C=C/C=C/1C. The fourth-order valence-corrected chi connectivity index (χ4v) is 20.2. The number of hydrogen-bond acceptors (Lipinski definition) is 26. The third kappa shape index (κ3) is 30.1. The molecule has 4 bridgehead atoms. The summed E-state index contributed by atoms with van der Waals surface area (Å²) in [6, 6.07) is -2.28. The van der Waals surface area contributed by atoms with Crippen LogP contribution in [0, 0.1) is 71.0 Å². The summed E-state index contributed by atoms with van der Waals surface area (Å²) < 4.78 is 58.7. The van der Waals surface area contributed by atoms with Crippen LogP contribution in [0.3, 0.4) is 0 Å². The van der Waals surface area contributed by atoms with Crippen LogP contribution in [0.25, 0.3) is 0 Å². The molecule has 28 nitrogen and oxygen atoms in total. The first kappa shape index (κ1) is 110. The molecule has 0 aromatic heterocycles. The molecular formula is C102H158N2O26. The number of allylic oxidation sites excluding steroid dienone is 12. The molecule has 130 heavy (non-hydrogen) atoms. The molecule has 0 aromatic rings. The first-order chi connectivity index (χ1) is 61.5. The van der Waals surface area contributed by atoms with Crippen molar-refractivity contribution in [1.82, 2.24) is 9.80 Å². The highest BCUT2D eigenvalue weighted by atomic mass is 16.6. The van der Waals surface area contributed by atoms with E-state index in [1.165, 1.54) is 24.0 Å². The third-order valence-corrected chi connectivity index (χ3v) is 29.0. The maximum Gasteiger partial charge on any atom is 0.329 e. The van der Waals surface area contributed by atoms with E-state index in [-0.39, 0.29) is 110 Å². The quantitative estimate of drug-likeness (QED) is 0.0600. The minimum Gasteiger partial charge on any atom is -0.460 e. The summed E-state index contributed by atoms with van der Waals surface area (Å²) in [6.45, 7) is 25.5. The molecule has 30 atom stereocenters. The van der Waals surface area contributed by atoms with Crippen LogP contribution in [0.5, 0.6) is 0 Å². The van der Waals surface area contributed by atoms with Crippen molar-refractivity contribution in [2.45, 2.75) is 360 Å². The maximum atomic E-state index is 14.4. The van der Waals surface area contributed by atoms with E-state index in [4.69, 9.17) is 47.4 Å². The Morgan fingerprint density at radius 1 is 0.423 bits per heavy atom. The number of ether oxygens (including phenoxy) is 10. The molecule has 732 valence electrons. The van der Waals surface area contributed by atoms with Crippen molar-refractivity contribution in [2.24, 2.45) is 71.0 Å². The summed E-state index contributed by atoms with van der Waals surface area (Å²) in [5, 5.41) is 67.7. The third-order valence-electron chi connectivity index (χ3n) is 29.0. The van der Waals surface area contributed by atoms with Gasteiger partial charge in [0.15, 0.2) is 11.6 Å². The van der Waals surface area contributed by atoms with Gasteiger partial charge in [-0.05, 0) is 214 Å². The van der Waals surface area contributed by atoms with Gasteiger partial charge in [0.2, 0.25) is 11.6 Å². The number of hydrogen-bond donors (Lipinski definition) is 6. The lowest BCUT2D eigenvalue weighted by Gasteiger charge is -2.42. The van der Waals surface area contributed by atoms with Crippen molar-refractivity contribution < 1.29 is 126 Å². The summed E-state index contributed by atoms with van der Waals surface area (Å²) in [6.07, 6.45) is 22.4. The number of Topliss-reactive ketones (excluding diaryl/α,β-unsaturated/α-hetero) is 6. The number of piperidine rings is 2. The molecule has 28 heteroatoms. The van der Waals surface area contributed by atoms with Gasteiger partial charge in [0.25, 0.3) is 23.4 Å². The zero-order valence-electron chi connectivity index (χ0n) is 81.2. The van der Waals surface area contributed by atoms with E-state index in [0.717, 1.165) is 24.0 Å². The summed E-state index contributed by atoms with van der Waals surface area (Å²) in [5.41, 5.74) is 2.53. The molecule has 2 aliphatic carbocycles. The number of amides is 2. The molecule has 8 rings (SSSR count). The Hall–Kier alpha value is -6.74. The standard InChI is InChI=1S/2C51H79NO13/c2*1-30-16-12-11-13-17-31(2)42(61-8)28-38-21-19-36(7)51(60,65-38)48(57)49(58)52-23-15-14-18-39(52)50(59)64-43(33(4)26-37-20-22-40(53)44(27-37)62-9)29-41(54)32(3)25-35(6)46(56)47(63-10)45(55)34(5)24-30/h2*11-13,16-17,25,30,32-34,36-40,42-44,46-47,53,56,60H,14-15,18-24,26-29H2,1-10H3/b2*13-11+,16-12+,31-17+,35-25+/t2*30-,32-,33+,34-,36-,37+,38+,39+,40-,42+,43+,44-,46-,47+,51-/m11/s1. The van der Waals surface area contributed by atoms with Crippen molar-refractivity contribution in [3.8, 4) is 0 Å². The molecule has 0 spiro atoms. The lowest BCUT2D eigenvalue weighted by molar-refractivity contribution is -0.265. The minimum absolute atomic E-state index is 0.0193. The highest BCUT2D eigenvalue weighted by Crippen LogP contribution is 2.42. The Labute approximate surface area is 772 Å². The summed E-state index contributed by atoms with van der Waals surface area (Å²) in [7, 11) is 9.04. The zero-order valence-corrected chi connectivity index (χ0v) is 81.2. The van der Waals surface area contributed by atoms with E-state index in [9.17, 15) is 78.6 Å². The number of fused-ring (bicyclic) bond motifs is 6. The smallest absolute Gasteiger partial charge is 0.329 e. The molecule has 2 saturated carbocycles. The van der Waals surface area contributed by atoms with Crippen LogP contribution in [0.2, 0.25) is 0 Å². The van der Waals surface area contributed by atoms with Crippen LogP contribution in [0.15, 0.2) is 95.2 Å². The Balaban J connectivity index is 0.000000356. The predicted octanol–water partition coefficient (Wildman–Crippen LogP) is 12.4. The fraction of sp³-hybridized carbons (Fsp3) is 0.745. The molecule has 6 heterocycles. The van der Waals surface area contributed by atoms with Crippen LogP contribution >= 0.6 is 0 Å². The number of esters is 2. The summed E-state index contributed by atoms with van der Waals surface area (Å²) >= 11 is 0. The Bertz CT molecular complexity index is 3760. The van der Waals surface area contributed by atoms with Gasteiger partial charge in [-0.2, -0.15) is 0 Å². The minimum atomic E-state index is -2.43. The fourth-order valence-electron chi connectivity index (χ4n) is 20.2. The van der Waals surface area contributed by atoms with Gasteiger partial charge < -0.3 is 87.8 Å². The lowest BCUT2D eigenvalue weighted by atomic mass is 9.78. The topological polar surface area (TPSA) is 391 Å². The summed E-state index contributed by atoms with van der Waals surface area (Å²) in [4.78, 5) is 144. The number of aliphatic hydroxyl groups is 6. The number of carbonyl (C=O) groups excluding carboxylic acids is 10. The second-order valence-corrected chi connectivity index (χ2v) is 39.2. The van der Waals surface area contributed by atoms with Gasteiger partial charge in [-0.15, -0.1) is 0 Å². The van der Waals surface area contributed by atoms with Gasteiger partial charge in [0, 0.05) is 117 Å². The van der Waals surface area contributed by atoms with Crippen molar-refractivity contribution in [1.29, 1.82) is 0 Å². The van der Waals surface area contributed by atoms with Gasteiger partial charge in [-0.1, -0.05) is 142 Å². The molecule has 6 fully saturated rings. The van der Waals surface area contributed by atoms with Crippen LogP contribution in [0.4, 0.5) is 0 Å². The normalized spacial score (nSPS) is 40.4. The Morgan fingerprint density at radius 2 is 0.785 bits per heavy atom. The zero-order chi connectivity index (χ0) is 96.3. The molecule has 8 aliphatic rings. The van der Waals surface area contributed by atoms with Crippen molar-refractivity contribution in [2.75, 3.05) is 55.7 Å². The molecular weight excluding hydrogens is 1670 g/mol. The van der Waals surface area contributed by atoms with Gasteiger partial charge >= 0.3 is 11.9 Å². The average molecular weight is 1830 g/mol. The first-order valence-electron chi connectivity index (χ1n) is 47.8. The van der Waals surface area contributed by atoms with Gasteiger partial charge in [-0.25, -0.2) is 9.59 Å². The second-order valence-electron chi connectivity index (χ2n) is 39.2. The maximum absolute atomic E-state index is 14.4. The van der Waals surface area contributed by atoms with Crippen molar-refractivity contribution in [3.05, 3.63) is 95.2 Å². The van der Waals surface area contributed by atoms with E-state index < -0.39 is 168 Å². The molecule has 6 aliphatic heterocycles. The highest BCUT2D eigenvalue weighted by Gasteiger charge is 2.56. The van der Waals surface area contributed by atoms with Gasteiger partial charge in [0.05, 0.1) is 48.8 Å². The number of aliphatic hydroxyl groups excluding tert-OH is 4. The van der Waals surface area contributed by atoms with Crippen LogP contribution < -0.4 is 0 Å². The van der Waals surface area contributed by atoms with E-state index in [0.29, 0.717) is 127 Å². The Kier molecular flexibility index (Phi) is 44.4. The van der Waals surface area contributed by atoms with Crippen LogP contribution in [0.1, 0.15) is 251 Å². The molecule has 6 N–H and O–H groups in total. The van der Waals surface area contributed by atoms with E-state index >= 15 is 0 Å². The van der Waals surface area contributed by atoms with Crippen LogP contribution in [-0.4, -0.2) is 264 Å². The molecule has 0 radical (unpaired) electrons. The van der Waals surface area contributed by atoms with Crippen LogP contribution in [-0.2, 0) is 95.3 Å². The number of cyclic esters (lactones) is 2. The number of ketones is 6. The Morgan fingerprint density at radius 3 is 1.12 bits per heavy atom. The van der Waals surface area contributed by atoms with Crippen molar-refractivity contribution >= 4 is 58.5 Å². The highest BCUT2D eigenvalue weighted by molar-refractivity contribution is 6.39. The largest absolute Gasteiger partial charge is 0.460 e. The van der Waals surface area contributed by atoms with E-state index in [1.807, 2.05) is 116 Å². The van der Waals surface area contributed by atoms with E-state index in [2.05, 4.69) is 0 Å². The number of methoxy groups -OCH3 is 6.